The van der Waals surface area contributed by atoms with Crippen LogP contribution in [-0.2, 0) is 11.3 Å². The van der Waals surface area contributed by atoms with Gasteiger partial charge < -0.3 is 25.0 Å². The molecule has 2 aromatic carbocycles. The van der Waals surface area contributed by atoms with Gasteiger partial charge in [-0.15, -0.1) is 10.2 Å². The van der Waals surface area contributed by atoms with Gasteiger partial charge in [-0.3, -0.25) is 9.59 Å². The minimum absolute atomic E-state index is 0.135. The molecule has 0 radical (unpaired) electrons. The number of nitrogens with zero attached hydrogens (tertiary/aromatic N) is 3. The predicted octanol–water partition coefficient (Wildman–Crippen LogP) is 3.26. The Hall–Kier alpha value is -2.89. The lowest BCUT2D eigenvalue weighted by Gasteiger charge is -2.17. The zero-order valence-corrected chi connectivity index (χ0v) is 20.5. The number of methoxy groups -OCH3 is 1. The molecule has 0 saturated heterocycles. The van der Waals surface area contributed by atoms with Crippen LogP contribution in [0.1, 0.15) is 29.1 Å². The van der Waals surface area contributed by atoms with Gasteiger partial charge in [0.05, 0.1) is 19.5 Å². The number of aromatic nitrogens is 3. The molecule has 3 rings (SSSR count). The third-order valence-corrected chi connectivity index (χ3v) is 6.17. The van der Waals surface area contributed by atoms with Crippen LogP contribution in [0.3, 0.4) is 0 Å². The maximum atomic E-state index is 12.6. The van der Waals surface area contributed by atoms with Crippen molar-refractivity contribution in [1.82, 2.24) is 20.1 Å². The Labute approximate surface area is 204 Å². The number of anilines is 1. The maximum Gasteiger partial charge on any atom is 0.251 e. The van der Waals surface area contributed by atoms with E-state index in [2.05, 4.69) is 36.8 Å². The number of carbonyl (C=O) groups excluding carboxylic acids is 2. The van der Waals surface area contributed by atoms with Crippen molar-refractivity contribution in [2.75, 3.05) is 24.8 Å². The lowest BCUT2D eigenvalue weighted by molar-refractivity contribution is -0.113. The van der Waals surface area contributed by atoms with E-state index in [1.165, 1.54) is 11.8 Å². The molecule has 1 atom stereocenters. The molecule has 0 aliphatic rings. The second-order valence-electron chi connectivity index (χ2n) is 6.87. The highest BCUT2D eigenvalue weighted by Crippen LogP contribution is 2.22. The van der Waals surface area contributed by atoms with Crippen molar-refractivity contribution < 1.29 is 19.4 Å². The Morgan fingerprint density at radius 1 is 1.15 bits per heavy atom. The molecule has 0 spiro atoms. The Morgan fingerprint density at radius 2 is 1.85 bits per heavy atom. The lowest BCUT2D eigenvalue weighted by Crippen LogP contribution is -2.32. The molecule has 0 saturated carbocycles. The molecule has 2 amide bonds. The largest absolute Gasteiger partial charge is 0.497 e. The second-order valence-corrected chi connectivity index (χ2v) is 8.72. The molecule has 0 fully saturated rings. The van der Waals surface area contributed by atoms with Gasteiger partial charge in [0.1, 0.15) is 11.8 Å². The van der Waals surface area contributed by atoms with Gasteiger partial charge >= 0.3 is 0 Å². The summed E-state index contributed by atoms with van der Waals surface area (Å²) in [4.78, 5) is 24.9. The number of nitrogens with one attached hydrogen (secondary N) is 2. The Balaban J connectivity index is 1.65. The maximum absolute atomic E-state index is 12.6. The first-order chi connectivity index (χ1) is 15.9. The normalized spacial score (nSPS) is 11.6. The van der Waals surface area contributed by atoms with E-state index < -0.39 is 6.04 Å². The van der Waals surface area contributed by atoms with E-state index >= 15 is 0 Å². The quantitative estimate of drug-likeness (QED) is 0.342. The zero-order valence-electron chi connectivity index (χ0n) is 18.1. The van der Waals surface area contributed by atoms with Gasteiger partial charge in [0, 0.05) is 22.3 Å². The highest BCUT2D eigenvalue weighted by molar-refractivity contribution is 9.10. The molecular formula is C22H24BrN5O4S. The average Bonchev–Trinajstić information content (AvgIpc) is 3.25. The number of hydrogen-bond donors (Lipinski definition) is 3. The number of benzene rings is 2. The number of ether oxygens (including phenoxy) is 1. The second kappa shape index (κ2) is 11.8. The van der Waals surface area contributed by atoms with E-state index in [1.54, 1.807) is 48.1 Å². The van der Waals surface area contributed by atoms with Crippen LogP contribution in [0.5, 0.6) is 5.75 Å². The van der Waals surface area contributed by atoms with Crippen LogP contribution in [0.4, 0.5) is 5.69 Å². The van der Waals surface area contributed by atoms with E-state index in [4.69, 9.17) is 4.74 Å². The number of aliphatic hydroxyl groups is 1. The summed E-state index contributed by atoms with van der Waals surface area (Å²) in [6.45, 7) is 2.06. The summed E-state index contributed by atoms with van der Waals surface area (Å²) in [6, 6.07) is 13.2. The van der Waals surface area contributed by atoms with Gasteiger partial charge in [-0.2, -0.15) is 0 Å². The highest BCUT2D eigenvalue weighted by Gasteiger charge is 2.23. The number of rotatable bonds is 10. The number of hydrogen-bond acceptors (Lipinski definition) is 7. The fourth-order valence-corrected chi connectivity index (χ4v) is 4.07. The molecule has 3 N–H and O–H groups in total. The van der Waals surface area contributed by atoms with E-state index in [-0.39, 0.29) is 24.2 Å². The Kier molecular flexibility index (Phi) is 8.87. The first kappa shape index (κ1) is 24.7. The van der Waals surface area contributed by atoms with E-state index in [1.807, 2.05) is 19.1 Å². The van der Waals surface area contributed by atoms with Gasteiger partial charge in [0.25, 0.3) is 5.91 Å². The van der Waals surface area contributed by atoms with E-state index in [0.717, 1.165) is 4.47 Å². The van der Waals surface area contributed by atoms with Crippen molar-refractivity contribution in [2.45, 2.75) is 24.7 Å². The number of aliphatic hydroxyl groups excluding tert-OH is 1. The third kappa shape index (κ3) is 6.56. The van der Waals surface area contributed by atoms with Gasteiger partial charge in [-0.05, 0) is 55.5 Å². The number of carbonyl (C=O) groups is 2. The average molecular weight is 534 g/mol. The van der Waals surface area contributed by atoms with Gasteiger partial charge in [0.15, 0.2) is 11.0 Å². The van der Waals surface area contributed by atoms with Crippen molar-refractivity contribution >= 4 is 45.2 Å². The van der Waals surface area contributed by atoms with Crippen molar-refractivity contribution in [3.63, 3.8) is 0 Å². The fraction of sp³-hybridized carbons (Fsp3) is 0.273. The minimum atomic E-state index is -0.752. The smallest absolute Gasteiger partial charge is 0.251 e. The van der Waals surface area contributed by atoms with Crippen LogP contribution >= 0.6 is 27.7 Å². The standard InChI is InChI=1S/C22H24BrN5O4S/c1-3-28-20(18(12-29)25-21(31)14-4-10-17(32-2)11-5-14)26-27-22(28)33-13-19(30)24-16-8-6-15(23)7-9-16/h4-11,18,29H,3,12-13H2,1-2H3,(H,24,30)(H,25,31)/t18-/m1/s1. The van der Waals surface area contributed by atoms with Crippen LogP contribution < -0.4 is 15.4 Å². The molecular weight excluding hydrogens is 510 g/mol. The number of amides is 2. The molecule has 3 aromatic rings. The van der Waals surface area contributed by atoms with Crippen molar-refractivity contribution in [3.05, 3.63) is 64.4 Å². The van der Waals surface area contributed by atoms with Crippen LogP contribution in [0.25, 0.3) is 0 Å². The highest BCUT2D eigenvalue weighted by atomic mass is 79.9. The van der Waals surface area contributed by atoms with Crippen LogP contribution in [0, 0.1) is 0 Å². The molecule has 174 valence electrons. The topological polar surface area (TPSA) is 118 Å². The van der Waals surface area contributed by atoms with Gasteiger partial charge in [-0.1, -0.05) is 27.7 Å². The summed E-state index contributed by atoms with van der Waals surface area (Å²) in [5, 5.41) is 24.4. The van der Waals surface area contributed by atoms with Crippen molar-refractivity contribution in [2.24, 2.45) is 0 Å². The summed E-state index contributed by atoms with van der Waals surface area (Å²) in [6.07, 6.45) is 0. The van der Waals surface area contributed by atoms with Crippen LogP contribution in [-0.4, -0.2) is 51.2 Å². The summed E-state index contributed by atoms with van der Waals surface area (Å²) in [5.41, 5.74) is 1.12. The molecule has 9 nitrogen and oxygen atoms in total. The molecule has 1 aromatic heterocycles. The fourth-order valence-electron chi connectivity index (χ4n) is 3.00. The van der Waals surface area contributed by atoms with Gasteiger partial charge in [0.2, 0.25) is 5.91 Å². The molecule has 11 heteroatoms. The number of halogens is 1. The Bertz CT molecular complexity index is 1090. The predicted molar refractivity (Wildman–Crippen MR) is 129 cm³/mol. The van der Waals surface area contributed by atoms with Crippen molar-refractivity contribution in [3.8, 4) is 5.75 Å². The first-order valence-electron chi connectivity index (χ1n) is 10.1. The SMILES string of the molecule is CCn1c(SCC(=O)Nc2ccc(Br)cc2)nnc1[C@@H](CO)NC(=O)c1ccc(OC)cc1. The lowest BCUT2D eigenvalue weighted by atomic mass is 10.2. The van der Waals surface area contributed by atoms with Crippen LogP contribution in [0.2, 0.25) is 0 Å². The molecule has 0 unspecified atom stereocenters. The molecule has 33 heavy (non-hydrogen) atoms. The summed E-state index contributed by atoms with van der Waals surface area (Å²) in [5.74, 6) is 0.655. The first-order valence-corrected chi connectivity index (χ1v) is 11.9. The van der Waals surface area contributed by atoms with E-state index in [9.17, 15) is 14.7 Å². The molecule has 0 aliphatic heterocycles. The number of thioether (sulfide) groups is 1. The zero-order chi connectivity index (χ0) is 23.8. The monoisotopic (exact) mass is 533 g/mol. The van der Waals surface area contributed by atoms with E-state index in [0.29, 0.717) is 34.5 Å². The van der Waals surface area contributed by atoms with Gasteiger partial charge in [-0.25, -0.2) is 0 Å². The summed E-state index contributed by atoms with van der Waals surface area (Å²) >= 11 is 4.59. The molecule has 0 bridgehead atoms. The van der Waals surface area contributed by atoms with Crippen molar-refractivity contribution in [1.29, 1.82) is 0 Å². The molecule has 1 heterocycles. The minimum Gasteiger partial charge on any atom is -0.497 e. The Morgan fingerprint density at radius 3 is 2.45 bits per heavy atom. The third-order valence-electron chi connectivity index (χ3n) is 4.67. The summed E-state index contributed by atoms with van der Waals surface area (Å²) < 4.78 is 7.80. The van der Waals surface area contributed by atoms with Crippen LogP contribution in [0.15, 0.2) is 58.2 Å². The molecule has 0 aliphatic carbocycles. The summed E-state index contributed by atoms with van der Waals surface area (Å²) in [7, 11) is 1.55.